The maximum Gasteiger partial charge on any atom is 0.266 e. The van der Waals surface area contributed by atoms with Crippen LogP contribution in [0.4, 0.5) is 48.3 Å². The second-order valence-corrected chi connectivity index (χ2v) is 6.94. The van der Waals surface area contributed by atoms with Crippen LogP contribution < -0.4 is 30.6 Å². The first-order valence-electron chi connectivity index (χ1n) is 9.36. The largest absolute Gasteiger partial charge is 0.494 e. The van der Waals surface area contributed by atoms with Gasteiger partial charge in [0.15, 0.2) is 69.6 Å². The smallest absolute Gasteiger partial charge is 0.266 e. The zero-order valence-electron chi connectivity index (χ0n) is 18.0. The van der Waals surface area contributed by atoms with E-state index in [0.29, 0.717) is 21.3 Å². The fourth-order valence-corrected chi connectivity index (χ4v) is 3.62. The van der Waals surface area contributed by atoms with Crippen LogP contribution in [0.1, 0.15) is 0 Å². The molecule has 15 heteroatoms. The normalized spacial score (nSPS) is 11.1. The molecular weight excluding hydrogens is 520 g/mol. The molecule has 0 aliphatic carbocycles. The summed E-state index contributed by atoms with van der Waals surface area (Å²) in [4.78, 5) is 0. The number of hydrogen-bond acceptors (Lipinski definition) is 3. The van der Waals surface area contributed by atoms with Crippen LogP contribution >= 0.6 is 0 Å². The molecule has 0 radical (unpaired) electrons. The first kappa shape index (κ1) is 27.0. The molecule has 0 saturated carbocycles. The van der Waals surface area contributed by atoms with E-state index in [0.717, 1.165) is 0 Å². The molecule has 0 heterocycles. The highest BCUT2D eigenvalue weighted by atomic mass is 19.2. The molecule has 0 spiro atoms. The predicted octanol–water partition coefficient (Wildman–Crippen LogP) is 3.76. The van der Waals surface area contributed by atoms with Crippen molar-refractivity contribution in [2.45, 2.75) is 0 Å². The minimum Gasteiger partial charge on any atom is -0.494 e. The number of hydrogen-bond donors (Lipinski definition) is 0. The van der Waals surface area contributed by atoms with Gasteiger partial charge in [-0.15, -0.1) is 0 Å². The molecule has 0 N–H and O–H groups in total. The van der Waals surface area contributed by atoms with E-state index >= 15 is 8.78 Å². The summed E-state index contributed by atoms with van der Waals surface area (Å²) in [5.41, 5.74) is -5.73. The predicted molar refractivity (Wildman–Crippen MR) is 103 cm³/mol. The Hall–Kier alpha value is -3.65. The summed E-state index contributed by atoms with van der Waals surface area (Å²) in [6.07, 6.45) is 0. The molecule has 3 rings (SSSR count). The Kier molecular flexibility index (Phi) is 7.32. The number of methoxy groups -OCH3 is 3. The molecule has 192 valence electrons. The van der Waals surface area contributed by atoms with E-state index in [-0.39, 0.29) is 6.07 Å². The lowest BCUT2D eigenvalue weighted by Crippen LogP contribution is -2.59. The van der Waals surface area contributed by atoms with Crippen LogP contribution in [0.25, 0.3) is 0 Å². The molecule has 0 amide bonds. The van der Waals surface area contributed by atoms with Gasteiger partial charge in [0.2, 0.25) is 11.6 Å². The van der Waals surface area contributed by atoms with E-state index in [1.807, 2.05) is 0 Å². The fourth-order valence-electron chi connectivity index (χ4n) is 3.62. The summed E-state index contributed by atoms with van der Waals surface area (Å²) in [7, 11) is 1.73. The van der Waals surface area contributed by atoms with Crippen molar-refractivity contribution in [1.29, 1.82) is 0 Å². The highest BCUT2D eigenvalue weighted by Crippen LogP contribution is 2.30. The lowest BCUT2D eigenvalue weighted by Gasteiger charge is -2.23. The minimum atomic E-state index is -3.21. The highest BCUT2D eigenvalue weighted by Gasteiger charge is 2.44. The summed E-state index contributed by atoms with van der Waals surface area (Å²) >= 11 is 0. The Bertz CT molecular complexity index is 1310. The van der Waals surface area contributed by atoms with E-state index < -0.39 is 104 Å². The average Bonchev–Trinajstić information content (AvgIpc) is 2.83. The SMILES string of the molecule is COc1c(F)c(F)c(F)c(B(c2c(F)c(F)c(F)c(OC)c2F)c2c(F)c(F)cc(F)c2OC)c1F. The molecule has 3 nitrogen and oxygen atoms in total. The van der Waals surface area contributed by atoms with E-state index in [9.17, 15) is 39.5 Å². The van der Waals surface area contributed by atoms with Crippen molar-refractivity contribution in [3.63, 3.8) is 0 Å². The Morgan fingerprint density at radius 3 is 1.17 bits per heavy atom. The summed E-state index contributed by atoms with van der Waals surface area (Å²) in [6, 6.07) is -0.119. The Balaban J connectivity index is 2.70. The highest BCUT2D eigenvalue weighted by molar-refractivity contribution is 6.96. The van der Waals surface area contributed by atoms with Gasteiger partial charge >= 0.3 is 0 Å². The van der Waals surface area contributed by atoms with Gasteiger partial charge in [0, 0.05) is 22.5 Å². The molecule has 0 aromatic heterocycles. The Morgan fingerprint density at radius 1 is 0.417 bits per heavy atom. The second-order valence-electron chi connectivity index (χ2n) is 6.94. The quantitative estimate of drug-likeness (QED) is 0.211. The van der Waals surface area contributed by atoms with Crippen LogP contribution in [0.2, 0.25) is 0 Å². The van der Waals surface area contributed by atoms with Gasteiger partial charge in [0.05, 0.1) is 21.3 Å². The molecule has 0 aliphatic rings. The molecule has 0 unspecified atom stereocenters. The van der Waals surface area contributed by atoms with Crippen LogP contribution in [0, 0.1) is 64.0 Å². The first-order valence-corrected chi connectivity index (χ1v) is 9.36. The second kappa shape index (κ2) is 9.78. The number of rotatable bonds is 6. The van der Waals surface area contributed by atoms with Gasteiger partial charge in [-0.05, 0) is 0 Å². The van der Waals surface area contributed by atoms with Crippen LogP contribution in [0.3, 0.4) is 0 Å². The Labute approximate surface area is 195 Å². The molecule has 0 fully saturated rings. The van der Waals surface area contributed by atoms with Gasteiger partial charge in [0.1, 0.15) is 0 Å². The minimum absolute atomic E-state index is 0.119. The van der Waals surface area contributed by atoms with Crippen molar-refractivity contribution in [1.82, 2.24) is 0 Å². The third-order valence-corrected chi connectivity index (χ3v) is 5.15. The maximum absolute atomic E-state index is 15.2. The molecule has 0 aliphatic heterocycles. The lowest BCUT2D eigenvalue weighted by atomic mass is 9.35. The van der Waals surface area contributed by atoms with Gasteiger partial charge in [0.25, 0.3) is 6.71 Å². The van der Waals surface area contributed by atoms with Crippen molar-refractivity contribution in [3.05, 3.63) is 70.1 Å². The molecule has 0 atom stereocenters. The molecule has 0 saturated heterocycles. The van der Waals surface area contributed by atoms with Crippen LogP contribution in [-0.4, -0.2) is 28.0 Å². The van der Waals surface area contributed by atoms with Crippen LogP contribution in [0.15, 0.2) is 6.07 Å². The molecule has 3 aromatic rings. The monoisotopic (exact) mass is 530 g/mol. The van der Waals surface area contributed by atoms with Crippen LogP contribution in [-0.2, 0) is 0 Å². The van der Waals surface area contributed by atoms with E-state index in [1.165, 1.54) is 0 Å². The summed E-state index contributed by atoms with van der Waals surface area (Å²) in [5.74, 6) is -30.3. The van der Waals surface area contributed by atoms with Crippen molar-refractivity contribution in [2.75, 3.05) is 21.3 Å². The average molecular weight is 530 g/mol. The zero-order chi connectivity index (χ0) is 27.2. The molecule has 36 heavy (non-hydrogen) atoms. The number of halogens is 11. The van der Waals surface area contributed by atoms with Crippen molar-refractivity contribution in [3.8, 4) is 17.2 Å². The summed E-state index contributed by atoms with van der Waals surface area (Å²) in [6.45, 7) is -3.21. The van der Waals surface area contributed by atoms with Gasteiger partial charge in [-0.3, -0.25) is 0 Å². The van der Waals surface area contributed by atoms with Gasteiger partial charge in [-0.1, -0.05) is 0 Å². The molecular formula is C21H10BF11O3. The van der Waals surface area contributed by atoms with E-state index in [1.54, 1.807) is 0 Å². The molecule has 3 aromatic carbocycles. The van der Waals surface area contributed by atoms with Crippen molar-refractivity contribution in [2.24, 2.45) is 0 Å². The number of benzene rings is 3. The maximum atomic E-state index is 15.2. The third kappa shape index (κ3) is 3.86. The van der Waals surface area contributed by atoms with Crippen molar-refractivity contribution >= 4 is 23.1 Å². The zero-order valence-corrected chi connectivity index (χ0v) is 18.0. The van der Waals surface area contributed by atoms with Crippen LogP contribution in [0.5, 0.6) is 17.2 Å². The van der Waals surface area contributed by atoms with E-state index in [4.69, 9.17) is 0 Å². The topological polar surface area (TPSA) is 27.7 Å². The summed E-state index contributed by atoms with van der Waals surface area (Å²) in [5, 5.41) is 0. The first-order chi connectivity index (χ1) is 16.8. The standard InChI is InChI=1S/C21H10BF11O3/c1-34-19-6(24)4-5(23)10(25)9(19)22(7-11(26)15(30)17(32)20(35-2)13(7)28)8-12(27)16(31)18(33)21(36-3)14(8)29/h4H,1-3H3. The lowest BCUT2D eigenvalue weighted by molar-refractivity contribution is 0.337. The third-order valence-electron chi connectivity index (χ3n) is 5.15. The molecule has 0 bridgehead atoms. The van der Waals surface area contributed by atoms with Gasteiger partial charge < -0.3 is 14.2 Å². The Morgan fingerprint density at radius 2 is 0.806 bits per heavy atom. The van der Waals surface area contributed by atoms with Gasteiger partial charge in [-0.25, -0.2) is 39.5 Å². The van der Waals surface area contributed by atoms with E-state index in [2.05, 4.69) is 14.2 Å². The van der Waals surface area contributed by atoms with Crippen molar-refractivity contribution < 1.29 is 62.5 Å². The number of ether oxygens (including phenoxy) is 3. The fraction of sp³-hybridized carbons (Fsp3) is 0.143. The summed E-state index contributed by atoms with van der Waals surface area (Å²) < 4.78 is 174. The van der Waals surface area contributed by atoms with Gasteiger partial charge in [-0.2, -0.15) is 8.78 Å².